The van der Waals surface area contributed by atoms with E-state index in [0.29, 0.717) is 11.3 Å². The second kappa shape index (κ2) is 3.91. The molecule has 4 heteroatoms. The number of carboxylic acid groups (broad SMARTS) is 1. The molecule has 0 fully saturated rings. The summed E-state index contributed by atoms with van der Waals surface area (Å²) < 4.78 is 5.33. The topological polar surface area (TPSA) is 77.1 Å². The van der Waals surface area contributed by atoms with Crippen molar-refractivity contribution in [2.24, 2.45) is 0 Å². The third-order valence-electron chi connectivity index (χ3n) is 2.07. The van der Waals surface area contributed by atoms with Gasteiger partial charge in [0.2, 0.25) is 0 Å². The van der Waals surface area contributed by atoms with Crippen LogP contribution in [-0.4, -0.2) is 5.97 Å². The van der Waals surface area contributed by atoms with Crippen molar-refractivity contribution in [3.63, 3.8) is 0 Å². The standard InChI is InChI=1S/C12H7NO3/c13-7-9(12(14)15)6-10-5-8-3-1-2-4-11(8)16-10/h1-6H,(H,14,15)/p-1/b9-6+. The molecule has 2 rings (SSSR count). The van der Waals surface area contributed by atoms with Crippen LogP contribution in [0.3, 0.4) is 0 Å². The summed E-state index contributed by atoms with van der Waals surface area (Å²) in [5, 5.41) is 19.9. The Morgan fingerprint density at radius 2 is 2.19 bits per heavy atom. The number of furan rings is 1. The average Bonchev–Trinajstić information content (AvgIpc) is 2.67. The molecule has 78 valence electrons. The predicted molar refractivity (Wildman–Crippen MR) is 54.8 cm³/mol. The zero-order chi connectivity index (χ0) is 11.5. The molecule has 0 saturated carbocycles. The number of carbonyl (C=O) groups is 1. The number of nitrogens with zero attached hydrogens (tertiary/aromatic N) is 1. The number of hydrogen-bond donors (Lipinski definition) is 0. The van der Waals surface area contributed by atoms with Crippen molar-refractivity contribution in [3.05, 3.63) is 41.7 Å². The SMILES string of the molecule is N#C/C(=C\c1cc2ccccc2o1)C(=O)[O-]. The third kappa shape index (κ3) is 1.79. The molecule has 0 amide bonds. The summed E-state index contributed by atoms with van der Waals surface area (Å²) in [7, 11) is 0. The maximum absolute atomic E-state index is 10.5. The Labute approximate surface area is 91.0 Å². The molecule has 16 heavy (non-hydrogen) atoms. The molecule has 1 heterocycles. The van der Waals surface area contributed by atoms with Gasteiger partial charge in [0.15, 0.2) is 0 Å². The first-order valence-electron chi connectivity index (χ1n) is 4.52. The summed E-state index contributed by atoms with van der Waals surface area (Å²) in [5.74, 6) is -1.19. The lowest BCUT2D eigenvalue weighted by atomic mass is 10.2. The number of para-hydroxylation sites is 1. The maximum atomic E-state index is 10.5. The molecule has 2 aromatic rings. The number of rotatable bonds is 2. The van der Waals surface area contributed by atoms with Gasteiger partial charge in [-0.2, -0.15) is 5.26 Å². The molecule has 0 saturated heterocycles. The van der Waals surface area contributed by atoms with Crippen molar-refractivity contribution in [2.45, 2.75) is 0 Å². The van der Waals surface area contributed by atoms with E-state index in [1.807, 2.05) is 18.2 Å². The van der Waals surface area contributed by atoms with E-state index in [1.165, 1.54) is 6.07 Å². The van der Waals surface area contributed by atoms with Crippen LogP contribution >= 0.6 is 0 Å². The van der Waals surface area contributed by atoms with E-state index < -0.39 is 11.5 Å². The van der Waals surface area contributed by atoms with E-state index >= 15 is 0 Å². The second-order valence-electron chi connectivity index (χ2n) is 3.14. The summed E-state index contributed by atoms with van der Waals surface area (Å²) in [4.78, 5) is 10.5. The van der Waals surface area contributed by atoms with Gasteiger partial charge < -0.3 is 14.3 Å². The van der Waals surface area contributed by atoms with Gasteiger partial charge in [-0.25, -0.2) is 0 Å². The van der Waals surface area contributed by atoms with E-state index in [2.05, 4.69) is 0 Å². The van der Waals surface area contributed by atoms with Gasteiger partial charge in [0.1, 0.15) is 17.4 Å². The molecule has 0 aliphatic rings. The Hall–Kier alpha value is -2.54. The Morgan fingerprint density at radius 1 is 1.44 bits per heavy atom. The quantitative estimate of drug-likeness (QED) is 0.551. The molecular weight excluding hydrogens is 206 g/mol. The van der Waals surface area contributed by atoms with Gasteiger partial charge in [-0.3, -0.25) is 0 Å². The van der Waals surface area contributed by atoms with Crippen molar-refractivity contribution < 1.29 is 14.3 Å². The molecule has 1 aromatic heterocycles. The number of carbonyl (C=O) groups excluding carboxylic acids is 1. The maximum Gasteiger partial charge on any atom is 0.134 e. The highest BCUT2D eigenvalue weighted by Gasteiger charge is 2.03. The fourth-order valence-corrected chi connectivity index (χ4v) is 1.35. The fourth-order valence-electron chi connectivity index (χ4n) is 1.35. The van der Waals surface area contributed by atoms with Gasteiger partial charge in [0, 0.05) is 11.5 Å². The molecule has 0 atom stereocenters. The van der Waals surface area contributed by atoms with Crippen LogP contribution in [0.5, 0.6) is 0 Å². The second-order valence-corrected chi connectivity index (χ2v) is 3.14. The van der Waals surface area contributed by atoms with E-state index in [0.717, 1.165) is 11.5 Å². The third-order valence-corrected chi connectivity index (χ3v) is 2.07. The lowest BCUT2D eigenvalue weighted by Crippen LogP contribution is -2.23. The van der Waals surface area contributed by atoms with Crippen LogP contribution in [0.15, 0.2) is 40.3 Å². The summed E-state index contributed by atoms with van der Waals surface area (Å²) in [5.41, 5.74) is 0.184. The van der Waals surface area contributed by atoms with E-state index in [9.17, 15) is 9.90 Å². The van der Waals surface area contributed by atoms with Crippen LogP contribution in [0.2, 0.25) is 0 Å². The normalized spacial score (nSPS) is 11.3. The minimum absolute atomic E-state index is 0.321. The van der Waals surface area contributed by atoms with Crippen LogP contribution in [0.25, 0.3) is 17.0 Å². The van der Waals surface area contributed by atoms with E-state index in [1.54, 1.807) is 12.1 Å². The average molecular weight is 212 g/mol. The summed E-state index contributed by atoms with van der Waals surface area (Å²) >= 11 is 0. The molecule has 0 radical (unpaired) electrons. The number of hydrogen-bond acceptors (Lipinski definition) is 4. The highest BCUT2D eigenvalue weighted by molar-refractivity contribution is 5.95. The highest BCUT2D eigenvalue weighted by atomic mass is 16.4. The van der Waals surface area contributed by atoms with Crippen LogP contribution in [0.1, 0.15) is 5.76 Å². The van der Waals surface area contributed by atoms with Gasteiger partial charge in [-0.15, -0.1) is 0 Å². The Morgan fingerprint density at radius 3 is 2.81 bits per heavy atom. The minimum Gasteiger partial charge on any atom is -0.544 e. The molecule has 4 nitrogen and oxygen atoms in total. The Bertz CT molecular complexity index is 583. The smallest absolute Gasteiger partial charge is 0.134 e. The molecule has 1 aromatic carbocycles. The van der Waals surface area contributed by atoms with Crippen LogP contribution in [-0.2, 0) is 4.79 Å². The first kappa shape index (κ1) is 9.99. The molecular formula is C12H6NO3-. The Kier molecular flexibility index (Phi) is 2.44. The van der Waals surface area contributed by atoms with E-state index in [-0.39, 0.29) is 0 Å². The lowest BCUT2D eigenvalue weighted by Gasteiger charge is -1.95. The zero-order valence-electron chi connectivity index (χ0n) is 8.14. The number of nitriles is 1. The largest absolute Gasteiger partial charge is 0.544 e. The van der Waals surface area contributed by atoms with Gasteiger partial charge in [-0.1, -0.05) is 18.2 Å². The van der Waals surface area contributed by atoms with Gasteiger partial charge in [-0.05, 0) is 12.1 Å². The number of carboxylic acids is 1. The molecule has 0 aliphatic carbocycles. The van der Waals surface area contributed by atoms with Gasteiger partial charge >= 0.3 is 0 Å². The number of benzene rings is 1. The predicted octanol–water partition coefficient (Wildman–Crippen LogP) is 1.09. The van der Waals surface area contributed by atoms with Crippen LogP contribution < -0.4 is 5.11 Å². The molecule has 0 unspecified atom stereocenters. The van der Waals surface area contributed by atoms with Crippen molar-refractivity contribution in [1.82, 2.24) is 0 Å². The highest BCUT2D eigenvalue weighted by Crippen LogP contribution is 2.20. The van der Waals surface area contributed by atoms with Crippen molar-refractivity contribution in [1.29, 1.82) is 5.26 Å². The molecule has 0 spiro atoms. The first-order valence-corrected chi connectivity index (χ1v) is 4.52. The number of fused-ring (bicyclic) bond motifs is 1. The summed E-state index contributed by atoms with van der Waals surface area (Å²) in [6.45, 7) is 0. The van der Waals surface area contributed by atoms with Crippen molar-refractivity contribution in [2.75, 3.05) is 0 Å². The van der Waals surface area contributed by atoms with Crippen molar-refractivity contribution >= 4 is 23.0 Å². The van der Waals surface area contributed by atoms with Crippen LogP contribution in [0.4, 0.5) is 0 Å². The molecule has 0 bridgehead atoms. The monoisotopic (exact) mass is 212 g/mol. The van der Waals surface area contributed by atoms with E-state index in [4.69, 9.17) is 9.68 Å². The minimum atomic E-state index is -1.51. The van der Waals surface area contributed by atoms with Crippen LogP contribution in [0, 0.1) is 11.3 Å². The van der Waals surface area contributed by atoms with Gasteiger partial charge in [0.05, 0.1) is 11.5 Å². The lowest BCUT2D eigenvalue weighted by molar-refractivity contribution is -0.298. The first-order chi connectivity index (χ1) is 7.70. The molecule has 0 N–H and O–H groups in total. The Balaban J connectivity index is 2.49. The van der Waals surface area contributed by atoms with Crippen molar-refractivity contribution in [3.8, 4) is 6.07 Å². The summed E-state index contributed by atoms with van der Waals surface area (Å²) in [6, 6.07) is 10.4. The fraction of sp³-hybridized carbons (Fsp3) is 0. The van der Waals surface area contributed by atoms with Gasteiger partial charge in [0.25, 0.3) is 0 Å². The number of aliphatic carboxylic acids is 1. The zero-order valence-corrected chi connectivity index (χ0v) is 8.14. The molecule has 0 aliphatic heterocycles. The summed E-state index contributed by atoms with van der Waals surface area (Å²) in [6.07, 6.45) is 1.15.